The number of hydrogen-bond donors (Lipinski definition) is 0. The van der Waals surface area contributed by atoms with Gasteiger partial charge in [0.15, 0.2) is 0 Å². The molecule has 23 heavy (non-hydrogen) atoms. The minimum absolute atomic E-state index is 0.0317. The third-order valence-corrected chi connectivity index (χ3v) is 4.52. The first-order valence-corrected chi connectivity index (χ1v) is 8.33. The molecule has 124 valence electrons. The summed E-state index contributed by atoms with van der Waals surface area (Å²) in [4.78, 5) is 37.6. The topological polar surface area (TPSA) is 69.6 Å². The van der Waals surface area contributed by atoms with Gasteiger partial charge < -0.3 is 14.7 Å². The van der Waals surface area contributed by atoms with Gasteiger partial charge in [-0.25, -0.2) is 9.97 Å². The average Bonchev–Trinajstić information content (AvgIpc) is 2.91. The summed E-state index contributed by atoms with van der Waals surface area (Å²) < 4.78 is 0. The lowest BCUT2D eigenvalue weighted by molar-refractivity contribution is -0.118. The SMILES string of the molecule is O=CN1CCN(c2ncc(C(=O)N3CCCCCC3)cn2)CC1. The first-order valence-electron chi connectivity index (χ1n) is 8.33. The van der Waals surface area contributed by atoms with Crippen molar-refractivity contribution in [3.05, 3.63) is 18.0 Å². The van der Waals surface area contributed by atoms with E-state index in [4.69, 9.17) is 0 Å². The van der Waals surface area contributed by atoms with E-state index in [0.29, 0.717) is 24.6 Å². The van der Waals surface area contributed by atoms with Crippen LogP contribution in [0.5, 0.6) is 0 Å². The Kier molecular flexibility index (Phi) is 5.05. The van der Waals surface area contributed by atoms with Crippen LogP contribution in [-0.2, 0) is 4.79 Å². The minimum Gasteiger partial charge on any atom is -0.342 e. The van der Waals surface area contributed by atoms with Crippen LogP contribution >= 0.6 is 0 Å². The Hall–Kier alpha value is -2.18. The molecule has 1 aromatic rings. The number of amides is 2. The molecule has 2 aliphatic rings. The number of piperazine rings is 1. The molecule has 0 bridgehead atoms. The van der Waals surface area contributed by atoms with Gasteiger partial charge in [0.05, 0.1) is 5.56 Å². The van der Waals surface area contributed by atoms with Crippen LogP contribution in [0.4, 0.5) is 5.95 Å². The van der Waals surface area contributed by atoms with Gasteiger partial charge in [0.1, 0.15) is 0 Å². The molecule has 0 unspecified atom stereocenters. The third-order valence-electron chi connectivity index (χ3n) is 4.52. The van der Waals surface area contributed by atoms with Gasteiger partial charge in [-0.3, -0.25) is 9.59 Å². The Bertz CT molecular complexity index is 532. The number of aromatic nitrogens is 2. The lowest BCUT2D eigenvalue weighted by Crippen LogP contribution is -2.46. The molecule has 0 saturated carbocycles. The number of anilines is 1. The molecule has 7 heteroatoms. The normalized spacial score (nSPS) is 19.4. The molecule has 0 aliphatic carbocycles. The fraction of sp³-hybridized carbons (Fsp3) is 0.625. The van der Waals surface area contributed by atoms with Crippen LogP contribution < -0.4 is 4.90 Å². The first kappa shape index (κ1) is 15.7. The van der Waals surface area contributed by atoms with E-state index in [9.17, 15) is 9.59 Å². The Balaban J connectivity index is 1.62. The minimum atomic E-state index is 0.0317. The Morgan fingerprint density at radius 3 is 2.09 bits per heavy atom. The third kappa shape index (κ3) is 3.78. The highest BCUT2D eigenvalue weighted by Gasteiger charge is 2.20. The fourth-order valence-electron chi connectivity index (χ4n) is 3.08. The molecule has 0 radical (unpaired) electrons. The highest BCUT2D eigenvalue weighted by Crippen LogP contribution is 2.14. The van der Waals surface area contributed by atoms with E-state index < -0.39 is 0 Å². The number of carbonyl (C=O) groups is 2. The lowest BCUT2D eigenvalue weighted by Gasteiger charge is -2.32. The predicted octanol–water partition coefficient (Wildman–Crippen LogP) is 0.771. The standard InChI is InChI=1S/C16H23N5O2/c22-13-19-7-9-21(10-8-19)16-17-11-14(12-18-16)15(23)20-5-3-1-2-4-6-20/h11-13H,1-10H2. The lowest BCUT2D eigenvalue weighted by atomic mass is 10.2. The van der Waals surface area contributed by atoms with E-state index in [2.05, 4.69) is 9.97 Å². The molecule has 7 nitrogen and oxygen atoms in total. The maximum atomic E-state index is 12.5. The van der Waals surface area contributed by atoms with E-state index in [0.717, 1.165) is 45.4 Å². The van der Waals surface area contributed by atoms with Crippen molar-refractivity contribution in [3.63, 3.8) is 0 Å². The molecule has 2 aliphatic heterocycles. The van der Waals surface area contributed by atoms with Crippen LogP contribution in [0, 0.1) is 0 Å². The van der Waals surface area contributed by atoms with Gasteiger partial charge in [-0.1, -0.05) is 12.8 Å². The highest BCUT2D eigenvalue weighted by atomic mass is 16.2. The van der Waals surface area contributed by atoms with E-state index in [1.54, 1.807) is 17.3 Å². The van der Waals surface area contributed by atoms with Gasteiger partial charge in [0, 0.05) is 51.7 Å². The monoisotopic (exact) mass is 317 g/mol. The summed E-state index contributed by atoms with van der Waals surface area (Å²) in [5, 5.41) is 0. The second kappa shape index (κ2) is 7.39. The van der Waals surface area contributed by atoms with Crippen LogP contribution in [-0.4, -0.2) is 71.4 Å². The Morgan fingerprint density at radius 1 is 0.913 bits per heavy atom. The van der Waals surface area contributed by atoms with Crippen molar-refractivity contribution in [1.82, 2.24) is 19.8 Å². The van der Waals surface area contributed by atoms with Crippen molar-refractivity contribution in [2.24, 2.45) is 0 Å². The van der Waals surface area contributed by atoms with Gasteiger partial charge in [0.2, 0.25) is 12.4 Å². The van der Waals surface area contributed by atoms with E-state index >= 15 is 0 Å². The van der Waals surface area contributed by atoms with Gasteiger partial charge in [-0.2, -0.15) is 0 Å². The van der Waals surface area contributed by atoms with Gasteiger partial charge in [-0.05, 0) is 12.8 Å². The van der Waals surface area contributed by atoms with Crippen LogP contribution in [0.15, 0.2) is 12.4 Å². The highest BCUT2D eigenvalue weighted by molar-refractivity contribution is 5.93. The van der Waals surface area contributed by atoms with Crippen LogP contribution in [0.25, 0.3) is 0 Å². The van der Waals surface area contributed by atoms with Crippen LogP contribution in [0.1, 0.15) is 36.0 Å². The molecule has 2 amide bonds. The fourth-order valence-corrected chi connectivity index (χ4v) is 3.08. The maximum absolute atomic E-state index is 12.5. The average molecular weight is 317 g/mol. The maximum Gasteiger partial charge on any atom is 0.256 e. The van der Waals surface area contributed by atoms with Crippen molar-refractivity contribution < 1.29 is 9.59 Å². The zero-order valence-corrected chi connectivity index (χ0v) is 13.4. The first-order chi connectivity index (χ1) is 11.3. The van der Waals surface area contributed by atoms with E-state index in [1.807, 2.05) is 9.80 Å². The smallest absolute Gasteiger partial charge is 0.256 e. The van der Waals surface area contributed by atoms with E-state index in [1.165, 1.54) is 12.8 Å². The van der Waals surface area contributed by atoms with Crippen molar-refractivity contribution in [3.8, 4) is 0 Å². The van der Waals surface area contributed by atoms with Gasteiger partial charge in [-0.15, -0.1) is 0 Å². The molecular weight excluding hydrogens is 294 g/mol. The molecule has 2 saturated heterocycles. The molecule has 0 aromatic carbocycles. The van der Waals surface area contributed by atoms with Crippen molar-refractivity contribution in [2.75, 3.05) is 44.2 Å². The Labute approximate surface area is 136 Å². The molecule has 2 fully saturated rings. The number of nitrogens with zero attached hydrogens (tertiary/aromatic N) is 5. The van der Waals surface area contributed by atoms with Crippen LogP contribution in [0.2, 0.25) is 0 Å². The van der Waals surface area contributed by atoms with Crippen molar-refractivity contribution >= 4 is 18.3 Å². The number of likely N-dealkylation sites (tertiary alicyclic amines) is 1. The quantitative estimate of drug-likeness (QED) is 0.770. The zero-order valence-electron chi connectivity index (χ0n) is 13.4. The molecule has 0 atom stereocenters. The van der Waals surface area contributed by atoms with E-state index in [-0.39, 0.29) is 5.91 Å². The summed E-state index contributed by atoms with van der Waals surface area (Å²) in [6, 6.07) is 0. The Morgan fingerprint density at radius 2 is 1.52 bits per heavy atom. The predicted molar refractivity (Wildman–Crippen MR) is 86.3 cm³/mol. The summed E-state index contributed by atoms with van der Waals surface area (Å²) in [5.74, 6) is 0.659. The molecule has 1 aromatic heterocycles. The van der Waals surface area contributed by atoms with Crippen molar-refractivity contribution in [1.29, 1.82) is 0 Å². The van der Waals surface area contributed by atoms with Gasteiger partial charge >= 0.3 is 0 Å². The molecular formula is C16H23N5O2. The zero-order chi connectivity index (χ0) is 16.1. The summed E-state index contributed by atoms with van der Waals surface area (Å²) >= 11 is 0. The molecule has 3 heterocycles. The summed E-state index contributed by atoms with van der Waals surface area (Å²) in [7, 11) is 0. The molecule has 3 rings (SSSR count). The molecule has 0 N–H and O–H groups in total. The van der Waals surface area contributed by atoms with Crippen LogP contribution in [0.3, 0.4) is 0 Å². The summed E-state index contributed by atoms with van der Waals surface area (Å²) in [6.45, 7) is 4.46. The largest absolute Gasteiger partial charge is 0.342 e. The van der Waals surface area contributed by atoms with Gasteiger partial charge in [0.25, 0.3) is 5.91 Å². The second-order valence-corrected chi connectivity index (χ2v) is 6.11. The summed E-state index contributed by atoms with van der Waals surface area (Å²) in [6.07, 6.45) is 8.68. The number of rotatable bonds is 3. The summed E-state index contributed by atoms with van der Waals surface area (Å²) in [5.41, 5.74) is 0.558. The second-order valence-electron chi connectivity index (χ2n) is 6.11. The molecule has 0 spiro atoms. The number of hydrogen-bond acceptors (Lipinski definition) is 5. The van der Waals surface area contributed by atoms with Crippen molar-refractivity contribution in [2.45, 2.75) is 25.7 Å². The number of carbonyl (C=O) groups excluding carboxylic acids is 2.